The molecule has 0 N–H and O–H groups in total. The van der Waals surface area contributed by atoms with Gasteiger partial charge >= 0.3 is 0 Å². The first kappa shape index (κ1) is 5.74. The monoisotopic (exact) mass is 153 g/mol. The molecule has 2 aliphatic heterocycles. The Hall–Kier alpha value is -0.870. The zero-order valence-electron chi connectivity index (χ0n) is 6.01. The first-order valence-electron chi connectivity index (χ1n) is 3.75. The number of hydrogen-bond acceptors (Lipinski definition) is 2. The van der Waals surface area contributed by atoms with Gasteiger partial charge in [0.05, 0.1) is 0 Å². The van der Waals surface area contributed by atoms with E-state index in [4.69, 9.17) is 9.47 Å². The van der Waals surface area contributed by atoms with Crippen molar-refractivity contribution in [3.05, 3.63) is 18.7 Å². The summed E-state index contributed by atoms with van der Waals surface area (Å²) < 4.78 is 14.3. The number of epoxide rings is 2. The maximum absolute atomic E-state index is 5.12. The Labute approximate surface area is 64.0 Å². The molecule has 2 fully saturated rings. The fourth-order valence-corrected chi connectivity index (χ4v) is 1.16. The Balaban J connectivity index is 1.88. The molecule has 2 saturated heterocycles. The van der Waals surface area contributed by atoms with Crippen LogP contribution < -0.4 is 4.57 Å². The van der Waals surface area contributed by atoms with Crippen molar-refractivity contribution in [1.82, 2.24) is 4.57 Å². The summed E-state index contributed by atoms with van der Waals surface area (Å²) in [4.78, 5) is 0. The lowest BCUT2D eigenvalue weighted by atomic mass is 10.7. The van der Waals surface area contributed by atoms with E-state index in [9.17, 15) is 0 Å². The van der Waals surface area contributed by atoms with Crippen molar-refractivity contribution in [3.63, 3.8) is 0 Å². The number of rotatable bonds is 2. The summed E-state index contributed by atoms with van der Waals surface area (Å²) in [6, 6.07) is 0. The average Bonchev–Trinajstić information content (AvgIpc) is 2.90. The summed E-state index contributed by atoms with van der Waals surface area (Å²) in [5, 5.41) is 0. The molecule has 0 aromatic carbocycles. The Morgan fingerprint density at radius 1 is 1.36 bits per heavy atom. The topological polar surface area (TPSA) is 33.9 Å². The van der Waals surface area contributed by atoms with Gasteiger partial charge in [0.1, 0.15) is 25.6 Å². The minimum absolute atomic E-state index is 0.287. The lowest BCUT2D eigenvalue weighted by Crippen LogP contribution is -2.29. The zero-order chi connectivity index (χ0) is 7.26. The fourth-order valence-electron chi connectivity index (χ4n) is 1.16. The van der Waals surface area contributed by atoms with Gasteiger partial charge in [-0.25, -0.2) is 9.13 Å². The Bertz CT molecular complexity index is 249. The average molecular weight is 153 g/mol. The molecule has 4 nitrogen and oxygen atoms in total. The molecule has 11 heavy (non-hydrogen) atoms. The quantitative estimate of drug-likeness (QED) is 0.436. The van der Waals surface area contributed by atoms with Crippen molar-refractivity contribution >= 4 is 0 Å². The number of nitrogens with zero attached hydrogens (tertiary/aromatic N) is 2. The highest BCUT2D eigenvalue weighted by atomic mass is 16.6. The van der Waals surface area contributed by atoms with Gasteiger partial charge < -0.3 is 9.47 Å². The lowest BCUT2D eigenvalue weighted by Gasteiger charge is -1.84. The highest BCUT2D eigenvalue weighted by Crippen LogP contribution is 2.22. The largest absolute Gasteiger partial charge is 0.330 e. The first-order chi connectivity index (χ1) is 5.43. The Kier molecular flexibility index (Phi) is 0.958. The van der Waals surface area contributed by atoms with E-state index >= 15 is 0 Å². The van der Waals surface area contributed by atoms with Crippen LogP contribution in [0, 0.1) is 0 Å². The summed E-state index contributed by atoms with van der Waals surface area (Å²) >= 11 is 0. The van der Waals surface area contributed by atoms with Crippen molar-refractivity contribution in [3.8, 4) is 0 Å². The van der Waals surface area contributed by atoms with Crippen LogP contribution >= 0.6 is 0 Å². The number of imidazole rings is 1. The van der Waals surface area contributed by atoms with Crippen molar-refractivity contribution in [2.24, 2.45) is 0 Å². The van der Waals surface area contributed by atoms with E-state index < -0.39 is 0 Å². The van der Waals surface area contributed by atoms with E-state index in [1.807, 2.05) is 18.7 Å². The van der Waals surface area contributed by atoms with Gasteiger partial charge in [-0.3, -0.25) is 0 Å². The first-order valence-corrected chi connectivity index (χ1v) is 3.75. The lowest BCUT2D eigenvalue weighted by molar-refractivity contribution is -0.716. The van der Waals surface area contributed by atoms with Crippen LogP contribution in [-0.4, -0.2) is 17.8 Å². The molecule has 3 heterocycles. The maximum Gasteiger partial charge on any atom is 0.248 e. The van der Waals surface area contributed by atoms with Crippen LogP contribution in [0.25, 0.3) is 0 Å². The molecule has 0 saturated carbocycles. The van der Waals surface area contributed by atoms with E-state index in [1.54, 1.807) is 0 Å². The van der Waals surface area contributed by atoms with Gasteiger partial charge in [0, 0.05) is 0 Å². The Morgan fingerprint density at radius 3 is 2.82 bits per heavy atom. The van der Waals surface area contributed by atoms with Crippen molar-refractivity contribution in [2.45, 2.75) is 12.5 Å². The van der Waals surface area contributed by atoms with Crippen molar-refractivity contribution in [1.29, 1.82) is 0 Å². The molecule has 0 bridgehead atoms. The minimum atomic E-state index is 0.287. The molecule has 0 spiro atoms. The summed E-state index contributed by atoms with van der Waals surface area (Å²) in [5.41, 5.74) is 0. The summed E-state index contributed by atoms with van der Waals surface area (Å²) in [5.74, 6) is 0. The standard InChI is InChI=1S/C7H9N2O2/c1-2-9(7-4-11-7)5-8(1)6-3-10-6/h1-2,5-7H,3-4H2/q+1. The van der Waals surface area contributed by atoms with E-state index in [2.05, 4.69) is 9.13 Å². The Morgan fingerprint density at radius 2 is 2.18 bits per heavy atom. The van der Waals surface area contributed by atoms with Crippen LogP contribution in [0.4, 0.5) is 0 Å². The highest BCUT2D eigenvalue weighted by molar-refractivity contribution is 4.76. The number of ether oxygens (including phenoxy) is 2. The third kappa shape index (κ3) is 0.948. The molecule has 58 valence electrons. The van der Waals surface area contributed by atoms with Crippen LogP contribution in [0.2, 0.25) is 0 Å². The molecule has 0 amide bonds. The molecule has 0 aliphatic carbocycles. The molecule has 3 rings (SSSR count). The predicted molar refractivity (Wildman–Crippen MR) is 34.6 cm³/mol. The van der Waals surface area contributed by atoms with E-state index in [0.29, 0.717) is 0 Å². The van der Waals surface area contributed by atoms with Crippen molar-refractivity contribution in [2.75, 3.05) is 13.2 Å². The normalized spacial score (nSPS) is 33.8. The number of aromatic nitrogens is 2. The summed E-state index contributed by atoms with van der Waals surface area (Å²) in [7, 11) is 0. The van der Waals surface area contributed by atoms with Gasteiger partial charge in [-0.1, -0.05) is 0 Å². The molecule has 4 heteroatoms. The predicted octanol–water partition coefficient (Wildman–Crippen LogP) is -0.167. The van der Waals surface area contributed by atoms with Crippen LogP contribution in [0.3, 0.4) is 0 Å². The van der Waals surface area contributed by atoms with Crippen LogP contribution in [0.15, 0.2) is 18.7 Å². The van der Waals surface area contributed by atoms with Crippen molar-refractivity contribution < 1.29 is 14.0 Å². The number of hydrogen-bond donors (Lipinski definition) is 0. The minimum Gasteiger partial charge on any atom is -0.330 e. The third-order valence-electron chi connectivity index (χ3n) is 1.97. The fraction of sp³-hybridized carbons (Fsp3) is 0.571. The summed E-state index contributed by atoms with van der Waals surface area (Å²) in [6.07, 6.45) is 6.62. The SMILES string of the molecule is c1c[n+](C2CO2)cn1C1CO1. The van der Waals surface area contributed by atoms with E-state index in [0.717, 1.165) is 13.2 Å². The third-order valence-corrected chi connectivity index (χ3v) is 1.97. The molecule has 2 atom stereocenters. The van der Waals surface area contributed by atoms with Gasteiger partial charge in [0.2, 0.25) is 18.8 Å². The molecular weight excluding hydrogens is 144 g/mol. The van der Waals surface area contributed by atoms with Crippen LogP contribution in [0.1, 0.15) is 12.5 Å². The summed E-state index contributed by atoms with van der Waals surface area (Å²) in [6.45, 7) is 1.69. The molecule has 1 aromatic rings. The van der Waals surface area contributed by atoms with Gasteiger partial charge in [0.25, 0.3) is 0 Å². The molecule has 2 aliphatic rings. The molecule has 2 unspecified atom stereocenters. The second-order valence-electron chi connectivity index (χ2n) is 2.88. The van der Waals surface area contributed by atoms with Gasteiger partial charge in [0.15, 0.2) is 0 Å². The second-order valence-corrected chi connectivity index (χ2v) is 2.88. The smallest absolute Gasteiger partial charge is 0.248 e. The maximum atomic E-state index is 5.12. The van der Waals surface area contributed by atoms with E-state index in [1.165, 1.54) is 0 Å². The van der Waals surface area contributed by atoms with Crippen LogP contribution in [0.5, 0.6) is 0 Å². The van der Waals surface area contributed by atoms with Gasteiger partial charge in [-0.2, -0.15) is 0 Å². The van der Waals surface area contributed by atoms with Gasteiger partial charge in [-0.05, 0) is 0 Å². The zero-order valence-corrected chi connectivity index (χ0v) is 6.01. The molecular formula is C7H9N2O2+. The van der Waals surface area contributed by atoms with E-state index in [-0.39, 0.29) is 12.5 Å². The second kappa shape index (κ2) is 1.84. The highest BCUT2D eigenvalue weighted by Gasteiger charge is 2.34. The molecule has 1 aromatic heterocycles. The van der Waals surface area contributed by atoms with Gasteiger partial charge in [-0.15, -0.1) is 0 Å². The molecule has 0 radical (unpaired) electrons. The van der Waals surface area contributed by atoms with Crippen LogP contribution in [-0.2, 0) is 9.47 Å².